The predicted octanol–water partition coefficient (Wildman–Crippen LogP) is 3.80. The van der Waals surface area contributed by atoms with Crippen LogP contribution in [0.5, 0.6) is 0 Å². The van der Waals surface area contributed by atoms with Crippen molar-refractivity contribution in [2.45, 2.75) is 0 Å². The molecule has 0 unspecified atom stereocenters. The summed E-state index contributed by atoms with van der Waals surface area (Å²) in [5.74, 6) is 0. The van der Waals surface area contributed by atoms with Crippen LogP contribution in [0.1, 0.15) is 0 Å². The van der Waals surface area contributed by atoms with Crippen LogP contribution in [0.4, 0.5) is 0 Å². The van der Waals surface area contributed by atoms with Crippen LogP contribution in [0.2, 0.25) is 0 Å². The van der Waals surface area contributed by atoms with Gasteiger partial charge in [0.15, 0.2) is 0 Å². The Morgan fingerprint density at radius 3 is 2.07 bits per heavy atom. The second-order valence-electron chi connectivity index (χ2n) is 1.85. The molecule has 0 bridgehead atoms. The third kappa shape index (κ3) is 5.91. The van der Waals surface area contributed by atoms with Gasteiger partial charge >= 0.3 is 7.82 Å². The average Bonchev–Trinajstić information content (AvgIpc) is 2.13. The fraction of sp³-hybridized carbons (Fsp3) is 0.333. The van der Waals surface area contributed by atoms with Crippen LogP contribution in [-0.2, 0) is 18.1 Å². The third-order valence-electron chi connectivity index (χ3n) is 0.989. The molecule has 0 heterocycles. The van der Waals surface area contributed by atoms with E-state index < -0.39 is 7.82 Å². The topological polar surface area (TPSA) is 44.8 Å². The van der Waals surface area contributed by atoms with E-state index >= 15 is 0 Å². The number of phosphoric acid groups is 1. The van der Waals surface area contributed by atoms with E-state index in [2.05, 4.69) is 13.6 Å². The standard InChI is InChI=1S/C6H8Cl3O4P/c1-11-14(10,12-2)13-4-5(7)3-6(8)9/h3-4H,1-2H3/b5-4+. The van der Waals surface area contributed by atoms with Gasteiger partial charge in [0.25, 0.3) is 0 Å². The molecule has 0 atom stereocenters. The Bertz CT molecular complexity index is 277. The van der Waals surface area contributed by atoms with Gasteiger partial charge in [-0.05, 0) is 6.08 Å². The second-order valence-corrected chi connectivity index (χ2v) is 5.13. The van der Waals surface area contributed by atoms with Gasteiger partial charge < -0.3 is 4.52 Å². The molecule has 0 radical (unpaired) electrons. The monoisotopic (exact) mass is 280 g/mol. The molecule has 82 valence electrons. The fourth-order valence-corrected chi connectivity index (χ4v) is 1.54. The summed E-state index contributed by atoms with van der Waals surface area (Å²) in [6, 6.07) is 0. The van der Waals surface area contributed by atoms with Crippen LogP contribution in [0.3, 0.4) is 0 Å². The van der Waals surface area contributed by atoms with Crippen LogP contribution < -0.4 is 0 Å². The maximum atomic E-state index is 11.3. The van der Waals surface area contributed by atoms with E-state index in [9.17, 15) is 4.57 Å². The lowest BCUT2D eigenvalue weighted by Crippen LogP contribution is -1.89. The Kier molecular flexibility index (Phi) is 6.87. The van der Waals surface area contributed by atoms with E-state index in [1.165, 1.54) is 20.3 Å². The van der Waals surface area contributed by atoms with Crippen molar-refractivity contribution in [1.29, 1.82) is 0 Å². The van der Waals surface area contributed by atoms with Crippen molar-refractivity contribution < 1.29 is 18.1 Å². The number of phosphoric ester groups is 1. The van der Waals surface area contributed by atoms with Crippen molar-refractivity contribution in [3.63, 3.8) is 0 Å². The summed E-state index contributed by atoms with van der Waals surface area (Å²) in [5.41, 5.74) is 0. The summed E-state index contributed by atoms with van der Waals surface area (Å²) in [5, 5.41) is 0.0549. The lowest BCUT2D eigenvalue weighted by molar-refractivity contribution is 0.193. The Hall–Kier alpha value is 0.300. The van der Waals surface area contributed by atoms with Gasteiger partial charge in [0, 0.05) is 14.2 Å². The lowest BCUT2D eigenvalue weighted by Gasteiger charge is -2.10. The lowest BCUT2D eigenvalue weighted by atomic mass is 10.6. The summed E-state index contributed by atoms with van der Waals surface area (Å²) in [7, 11) is -1.20. The zero-order valence-electron chi connectivity index (χ0n) is 7.37. The number of hydrogen-bond acceptors (Lipinski definition) is 4. The molecule has 0 amide bonds. The summed E-state index contributed by atoms with van der Waals surface area (Å²) in [6.45, 7) is 0. The minimum atomic E-state index is -3.55. The first-order valence-corrected chi connectivity index (χ1v) is 5.81. The first kappa shape index (κ1) is 14.3. The molecular formula is C6H8Cl3O4P. The molecule has 0 aliphatic heterocycles. The van der Waals surface area contributed by atoms with Crippen LogP contribution in [0.25, 0.3) is 0 Å². The molecule has 0 saturated heterocycles. The van der Waals surface area contributed by atoms with Crippen molar-refractivity contribution in [3.8, 4) is 0 Å². The summed E-state index contributed by atoms with van der Waals surface area (Å²) >= 11 is 16.2. The van der Waals surface area contributed by atoms with Crippen molar-refractivity contribution in [2.75, 3.05) is 14.2 Å². The van der Waals surface area contributed by atoms with Gasteiger partial charge in [-0.15, -0.1) is 0 Å². The summed E-state index contributed by atoms with van der Waals surface area (Å²) < 4.78 is 24.8. The van der Waals surface area contributed by atoms with Crippen LogP contribution >= 0.6 is 42.6 Å². The maximum absolute atomic E-state index is 11.3. The molecule has 0 rings (SSSR count). The van der Waals surface area contributed by atoms with Gasteiger partial charge in [0.2, 0.25) is 0 Å². The Morgan fingerprint density at radius 2 is 1.71 bits per heavy atom. The maximum Gasteiger partial charge on any atom is 0.528 e. The van der Waals surface area contributed by atoms with E-state index in [4.69, 9.17) is 34.8 Å². The van der Waals surface area contributed by atoms with Crippen molar-refractivity contribution >= 4 is 42.6 Å². The summed E-state index contributed by atoms with van der Waals surface area (Å²) in [6.07, 6.45) is 2.15. The van der Waals surface area contributed by atoms with Gasteiger partial charge in [-0.2, -0.15) is 0 Å². The Morgan fingerprint density at radius 1 is 1.21 bits per heavy atom. The van der Waals surface area contributed by atoms with Crippen LogP contribution in [0.15, 0.2) is 21.9 Å². The fourth-order valence-electron chi connectivity index (χ4n) is 0.414. The third-order valence-corrected chi connectivity index (χ3v) is 2.66. The predicted molar refractivity (Wildman–Crippen MR) is 56.4 cm³/mol. The molecule has 0 aliphatic carbocycles. The molecule has 0 aromatic heterocycles. The first-order chi connectivity index (χ1) is 6.43. The highest BCUT2D eigenvalue weighted by Crippen LogP contribution is 2.48. The smallest absolute Gasteiger partial charge is 0.410 e. The van der Waals surface area contributed by atoms with Gasteiger partial charge in [-0.3, -0.25) is 9.05 Å². The van der Waals surface area contributed by atoms with Gasteiger partial charge in [0.05, 0.1) is 5.03 Å². The number of halogens is 3. The second kappa shape index (κ2) is 6.72. The largest absolute Gasteiger partial charge is 0.528 e. The van der Waals surface area contributed by atoms with Crippen molar-refractivity contribution in [1.82, 2.24) is 0 Å². The number of allylic oxidation sites excluding steroid dienone is 2. The zero-order valence-corrected chi connectivity index (χ0v) is 10.5. The van der Waals surface area contributed by atoms with E-state index in [-0.39, 0.29) is 9.52 Å². The van der Waals surface area contributed by atoms with Crippen molar-refractivity contribution in [2.24, 2.45) is 0 Å². The quantitative estimate of drug-likeness (QED) is 0.437. The molecular weight excluding hydrogens is 273 g/mol. The minimum absolute atomic E-state index is 0.0549. The zero-order chi connectivity index (χ0) is 11.2. The summed E-state index contributed by atoms with van der Waals surface area (Å²) in [4.78, 5) is 0. The molecule has 8 heteroatoms. The highest BCUT2D eigenvalue weighted by Gasteiger charge is 2.22. The van der Waals surface area contributed by atoms with Gasteiger partial charge in [-0.1, -0.05) is 34.8 Å². The van der Waals surface area contributed by atoms with E-state index in [0.29, 0.717) is 0 Å². The average molecular weight is 281 g/mol. The van der Waals surface area contributed by atoms with E-state index in [0.717, 1.165) is 6.26 Å². The first-order valence-electron chi connectivity index (χ1n) is 3.22. The highest BCUT2D eigenvalue weighted by molar-refractivity contribution is 7.48. The molecule has 0 spiro atoms. The van der Waals surface area contributed by atoms with Crippen molar-refractivity contribution in [3.05, 3.63) is 21.9 Å². The van der Waals surface area contributed by atoms with Crippen LogP contribution in [0, 0.1) is 0 Å². The molecule has 0 N–H and O–H groups in total. The molecule has 4 nitrogen and oxygen atoms in total. The molecule has 0 saturated carbocycles. The van der Waals surface area contributed by atoms with Crippen LogP contribution in [-0.4, -0.2) is 14.2 Å². The number of hydrogen-bond donors (Lipinski definition) is 0. The normalized spacial score (nSPS) is 12.5. The minimum Gasteiger partial charge on any atom is -0.410 e. The highest BCUT2D eigenvalue weighted by atomic mass is 35.5. The molecule has 0 fully saturated rings. The van der Waals surface area contributed by atoms with E-state index in [1.807, 2.05) is 0 Å². The molecule has 0 aromatic carbocycles. The van der Waals surface area contributed by atoms with Gasteiger partial charge in [0.1, 0.15) is 10.8 Å². The Balaban J connectivity index is 4.42. The van der Waals surface area contributed by atoms with E-state index in [1.54, 1.807) is 0 Å². The Labute approximate surface area is 97.0 Å². The molecule has 0 aromatic rings. The molecule has 0 aliphatic rings. The van der Waals surface area contributed by atoms with Gasteiger partial charge in [-0.25, -0.2) is 4.57 Å². The number of rotatable bonds is 5. The molecule has 14 heavy (non-hydrogen) atoms. The SMILES string of the molecule is COP(=O)(OC)O/C=C(/Cl)C=C(Cl)Cl.